The molecule has 1 saturated heterocycles. The van der Waals surface area contributed by atoms with Gasteiger partial charge >= 0.3 is 0 Å². The van der Waals surface area contributed by atoms with Crippen molar-refractivity contribution in [2.24, 2.45) is 0 Å². The van der Waals surface area contributed by atoms with Gasteiger partial charge in [0, 0.05) is 66.1 Å². The van der Waals surface area contributed by atoms with E-state index in [1.54, 1.807) is 0 Å². The van der Waals surface area contributed by atoms with Gasteiger partial charge in [-0.25, -0.2) is 0 Å². The van der Waals surface area contributed by atoms with Crippen LogP contribution in [0, 0.1) is 0 Å². The number of fused-ring (bicyclic) bond motifs is 2. The molecule has 0 radical (unpaired) electrons. The first-order valence-electron chi connectivity index (χ1n) is 9.97. The Morgan fingerprint density at radius 2 is 1.59 bits per heavy atom. The predicted molar refractivity (Wildman–Crippen MR) is 114 cm³/mol. The summed E-state index contributed by atoms with van der Waals surface area (Å²) in [5.41, 5.74) is 5.30. The predicted octanol–water partition coefficient (Wildman–Crippen LogP) is 4.40. The van der Waals surface area contributed by atoms with E-state index in [1.165, 1.54) is 46.0 Å². The van der Waals surface area contributed by atoms with E-state index in [2.05, 4.69) is 74.5 Å². The SMILES string of the molecule is c1ccc2c(CCCN3CCN(c4cccc5[nH]ccc45)CC3)c[nH]c2c1. The van der Waals surface area contributed by atoms with Crippen LogP contribution in [-0.4, -0.2) is 47.6 Å². The summed E-state index contributed by atoms with van der Waals surface area (Å²) in [5.74, 6) is 0. The minimum Gasteiger partial charge on any atom is -0.368 e. The van der Waals surface area contributed by atoms with E-state index in [-0.39, 0.29) is 0 Å². The lowest BCUT2D eigenvalue weighted by molar-refractivity contribution is 0.255. The number of piperazine rings is 1. The fourth-order valence-corrected chi connectivity index (χ4v) is 4.39. The number of hydrogen-bond donors (Lipinski definition) is 2. The monoisotopic (exact) mass is 358 g/mol. The largest absolute Gasteiger partial charge is 0.368 e. The number of nitrogens with zero attached hydrogens (tertiary/aromatic N) is 2. The van der Waals surface area contributed by atoms with Crippen LogP contribution in [0.15, 0.2) is 60.9 Å². The second-order valence-electron chi connectivity index (χ2n) is 7.51. The van der Waals surface area contributed by atoms with Gasteiger partial charge in [0.1, 0.15) is 0 Å². The number of aryl methyl sites for hydroxylation is 1. The van der Waals surface area contributed by atoms with Crippen molar-refractivity contribution in [1.29, 1.82) is 0 Å². The van der Waals surface area contributed by atoms with Crippen molar-refractivity contribution in [3.63, 3.8) is 0 Å². The lowest BCUT2D eigenvalue weighted by Crippen LogP contribution is -2.46. The van der Waals surface area contributed by atoms with Crippen LogP contribution < -0.4 is 4.90 Å². The third-order valence-corrected chi connectivity index (χ3v) is 5.88. The lowest BCUT2D eigenvalue weighted by Gasteiger charge is -2.36. The minimum absolute atomic E-state index is 1.11. The maximum absolute atomic E-state index is 3.39. The molecule has 2 aromatic heterocycles. The highest BCUT2D eigenvalue weighted by Gasteiger charge is 2.18. The molecule has 2 N–H and O–H groups in total. The molecule has 4 nitrogen and oxygen atoms in total. The third kappa shape index (κ3) is 3.21. The Morgan fingerprint density at radius 3 is 2.52 bits per heavy atom. The number of para-hydroxylation sites is 1. The number of nitrogens with one attached hydrogen (secondary N) is 2. The molecule has 4 aromatic rings. The van der Waals surface area contributed by atoms with Crippen molar-refractivity contribution in [1.82, 2.24) is 14.9 Å². The Morgan fingerprint density at radius 1 is 0.778 bits per heavy atom. The molecule has 0 amide bonds. The molecule has 1 aliphatic heterocycles. The zero-order valence-electron chi connectivity index (χ0n) is 15.6. The van der Waals surface area contributed by atoms with Gasteiger partial charge in [-0.1, -0.05) is 24.3 Å². The zero-order chi connectivity index (χ0) is 18.1. The van der Waals surface area contributed by atoms with E-state index < -0.39 is 0 Å². The van der Waals surface area contributed by atoms with Crippen LogP contribution in [0.2, 0.25) is 0 Å². The van der Waals surface area contributed by atoms with Crippen molar-refractivity contribution in [2.75, 3.05) is 37.6 Å². The van der Waals surface area contributed by atoms with Gasteiger partial charge in [0.2, 0.25) is 0 Å². The minimum atomic E-state index is 1.11. The standard InChI is InChI=1S/C23H26N4/c1-2-7-21-19(6-1)18(17-25-21)5-4-12-26-13-15-27(16-14-26)23-9-3-8-22-20(23)10-11-24-22/h1-3,6-11,17,24-25H,4-5,12-16H2. The van der Waals surface area contributed by atoms with Crippen LogP contribution in [0.25, 0.3) is 21.8 Å². The van der Waals surface area contributed by atoms with E-state index in [4.69, 9.17) is 0 Å². The highest BCUT2D eigenvalue weighted by Crippen LogP contribution is 2.27. The molecule has 2 aromatic carbocycles. The third-order valence-electron chi connectivity index (χ3n) is 5.88. The van der Waals surface area contributed by atoms with Gasteiger partial charge in [-0.2, -0.15) is 0 Å². The van der Waals surface area contributed by atoms with Crippen LogP contribution in [0.3, 0.4) is 0 Å². The van der Waals surface area contributed by atoms with Gasteiger partial charge in [-0.15, -0.1) is 0 Å². The molecule has 0 aliphatic carbocycles. The molecule has 1 aliphatic rings. The molecule has 0 saturated carbocycles. The molecule has 0 unspecified atom stereocenters. The van der Waals surface area contributed by atoms with E-state index in [0.717, 1.165) is 32.6 Å². The fourth-order valence-electron chi connectivity index (χ4n) is 4.39. The number of hydrogen-bond acceptors (Lipinski definition) is 2. The number of H-pyrrole nitrogens is 2. The Labute approximate surface area is 159 Å². The topological polar surface area (TPSA) is 38.1 Å². The van der Waals surface area contributed by atoms with Crippen LogP contribution in [-0.2, 0) is 6.42 Å². The van der Waals surface area contributed by atoms with Crippen molar-refractivity contribution in [2.45, 2.75) is 12.8 Å². The quantitative estimate of drug-likeness (QED) is 0.555. The summed E-state index contributed by atoms with van der Waals surface area (Å²) < 4.78 is 0. The van der Waals surface area contributed by atoms with E-state index >= 15 is 0 Å². The molecule has 0 atom stereocenters. The van der Waals surface area contributed by atoms with Crippen LogP contribution >= 0.6 is 0 Å². The van der Waals surface area contributed by atoms with Crippen molar-refractivity contribution >= 4 is 27.5 Å². The van der Waals surface area contributed by atoms with Gasteiger partial charge in [-0.3, -0.25) is 4.90 Å². The molecular formula is C23H26N4. The Balaban J connectivity index is 1.16. The molecule has 1 fully saturated rings. The normalized spacial score (nSPS) is 15.8. The molecular weight excluding hydrogens is 332 g/mol. The zero-order valence-corrected chi connectivity index (χ0v) is 15.6. The lowest BCUT2D eigenvalue weighted by atomic mass is 10.1. The summed E-state index contributed by atoms with van der Waals surface area (Å²) in [4.78, 5) is 11.9. The fraction of sp³-hybridized carbons (Fsp3) is 0.304. The first-order valence-corrected chi connectivity index (χ1v) is 9.97. The van der Waals surface area contributed by atoms with E-state index in [1.807, 2.05) is 6.20 Å². The maximum Gasteiger partial charge on any atom is 0.0474 e. The summed E-state index contributed by atoms with van der Waals surface area (Å²) in [5, 5.41) is 2.72. The van der Waals surface area contributed by atoms with Gasteiger partial charge in [-0.05, 0) is 49.2 Å². The number of anilines is 1. The van der Waals surface area contributed by atoms with Crippen LogP contribution in [0.1, 0.15) is 12.0 Å². The number of aromatic amines is 2. The molecule has 27 heavy (non-hydrogen) atoms. The summed E-state index contributed by atoms with van der Waals surface area (Å²) in [7, 11) is 0. The molecule has 138 valence electrons. The molecule has 0 bridgehead atoms. The molecule has 0 spiro atoms. The van der Waals surface area contributed by atoms with Crippen molar-refractivity contribution in [3.05, 3.63) is 66.5 Å². The second-order valence-corrected chi connectivity index (χ2v) is 7.51. The summed E-state index contributed by atoms with van der Waals surface area (Å²) >= 11 is 0. The van der Waals surface area contributed by atoms with Crippen LogP contribution in [0.4, 0.5) is 5.69 Å². The molecule has 5 rings (SSSR count). The summed E-state index contributed by atoms with van der Waals surface area (Å²) in [6, 6.07) is 17.4. The Kier molecular flexibility index (Phi) is 4.34. The maximum atomic E-state index is 3.39. The first-order chi connectivity index (χ1) is 13.4. The summed E-state index contributed by atoms with van der Waals surface area (Å²) in [6.45, 7) is 5.69. The average Bonchev–Trinajstić information content (AvgIpc) is 3.36. The van der Waals surface area contributed by atoms with Gasteiger partial charge in [0.25, 0.3) is 0 Å². The number of aromatic nitrogens is 2. The van der Waals surface area contributed by atoms with Crippen LogP contribution in [0.5, 0.6) is 0 Å². The van der Waals surface area contributed by atoms with Gasteiger partial charge in [0.15, 0.2) is 0 Å². The van der Waals surface area contributed by atoms with Gasteiger partial charge < -0.3 is 14.9 Å². The van der Waals surface area contributed by atoms with Crippen molar-refractivity contribution < 1.29 is 0 Å². The molecule has 3 heterocycles. The van der Waals surface area contributed by atoms with E-state index in [9.17, 15) is 0 Å². The first kappa shape index (κ1) is 16.5. The highest BCUT2D eigenvalue weighted by molar-refractivity contribution is 5.92. The number of rotatable bonds is 5. The molecule has 4 heteroatoms. The number of benzene rings is 2. The Bertz CT molecular complexity index is 1040. The van der Waals surface area contributed by atoms with Gasteiger partial charge in [0.05, 0.1) is 0 Å². The van der Waals surface area contributed by atoms with E-state index in [0.29, 0.717) is 0 Å². The Hall–Kier alpha value is -2.72. The average molecular weight is 358 g/mol. The smallest absolute Gasteiger partial charge is 0.0474 e. The summed E-state index contributed by atoms with van der Waals surface area (Å²) in [6.07, 6.45) is 6.58. The second kappa shape index (κ2) is 7.12. The van der Waals surface area contributed by atoms with Crippen molar-refractivity contribution in [3.8, 4) is 0 Å². The highest BCUT2D eigenvalue weighted by atomic mass is 15.3.